The second kappa shape index (κ2) is 3.62. The normalized spacial score (nSPS) is 29.6. The van der Waals surface area contributed by atoms with Crippen LogP contribution in [0.3, 0.4) is 0 Å². The van der Waals surface area contributed by atoms with Crippen molar-refractivity contribution in [3.05, 3.63) is 24.0 Å². The minimum atomic E-state index is -0.214. The predicted molar refractivity (Wildman–Crippen MR) is 65.9 cm³/mol. The number of anilines is 1. The van der Waals surface area contributed by atoms with Gasteiger partial charge in [0.05, 0.1) is 11.7 Å². The zero-order chi connectivity index (χ0) is 12.0. The molecule has 3 heteroatoms. The van der Waals surface area contributed by atoms with Gasteiger partial charge in [-0.2, -0.15) is 0 Å². The van der Waals surface area contributed by atoms with E-state index in [1.807, 2.05) is 0 Å². The molecule has 0 bridgehead atoms. The molecule has 0 radical (unpaired) electrons. The Balaban J connectivity index is 1.88. The van der Waals surface area contributed by atoms with Crippen molar-refractivity contribution in [2.45, 2.75) is 45.3 Å². The average molecular weight is 235 g/mol. The van der Waals surface area contributed by atoms with Crippen molar-refractivity contribution in [1.29, 1.82) is 0 Å². The fourth-order valence-electron chi connectivity index (χ4n) is 2.93. The van der Waals surface area contributed by atoms with Gasteiger partial charge in [-0.15, -0.1) is 0 Å². The summed E-state index contributed by atoms with van der Waals surface area (Å²) in [5.74, 6) is 0.570. The van der Waals surface area contributed by atoms with Gasteiger partial charge in [0.25, 0.3) is 0 Å². The van der Waals surface area contributed by atoms with Crippen LogP contribution < -0.4 is 10.1 Å². The van der Waals surface area contributed by atoms with Crippen molar-refractivity contribution in [2.24, 2.45) is 5.41 Å². The molecule has 2 aliphatic rings. The Bertz CT molecular complexity index is 444. The van der Waals surface area contributed by atoms with E-state index in [4.69, 9.17) is 4.74 Å². The highest BCUT2D eigenvalue weighted by atomic mass is 19.1. The molecule has 1 aliphatic carbocycles. The molecule has 2 nitrogen and oxygen atoms in total. The smallest absolute Gasteiger partial charge is 0.143 e. The molecule has 1 N–H and O–H groups in total. The first-order chi connectivity index (χ1) is 8.03. The van der Waals surface area contributed by atoms with Gasteiger partial charge in [-0.1, -0.05) is 13.8 Å². The second-order valence-corrected chi connectivity index (χ2v) is 5.95. The molecule has 2 unspecified atom stereocenters. The van der Waals surface area contributed by atoms with Crippen LogP contribution in [0, 0.1) is 11.2 Å². The molecule has 17 heavy (non-hydrogen) atoms. The monoisotopic (exact) mass is 235 g/mol. The third-order valence-corrected chi connectivity index (χ3v) is 3.89. The first-order valence-corrected chi connectivity index (χ1v) is 6.26. The van der Waals surface area contributed by atoms with Crippen LogP contribution >= 0.6 is 0 Å². The van der Waals surface area contributed by atoms with E-state index in [1.165, 1.54) is 18.6 Å². The average Bonchev–Trinajstić information content (AvgIpc) is 2.25. The Morgan fingerprint density at radius 3 is 3.06 bits per heavy atom. The van der Waals surface area contributed by atoms with Crippen LogP contribution in [0.2, 0.25) is 0 Å². The summed E-state index contributed by atoms with van der Waals surface area (Å²) in [7, 11) is 0. The van der Waals surface area contributed by atoms with Crippen molar-refractivity contribution in [3.8, 4) is 5.75 Å². The van der Waals surface area contributed by atoms with Crippen LogP contribution in [0.5, 0.6) is 5.75 Å². The van der Waals surface area contributed by atoms with Crippen molar-refractivity contribution < 1.29 is 9.13 Å². The maximum absolute atomic E-state index is 13.2. The summed E-state index contributed by atoms with van der Waals surface area (Å²) in [5.41, 5.74) is 1.14. The lowest BCUT2D eigenvalue weighted by Crippen LogP contribution is -2.47. The standard InChI is InChI=1S/C14H18FNO/c1-14(2)6-5-13-11(8-14)16-10-7-9(15)3-4-12(10)17-13/h3-4,7,11,13,16H,5-6,8H2,1-2H3. The molecule has 1 heterocycles. The fourth-order valence-corrected chi connectivity index (χ4v) is 2.93. The highest BCUT2D eigenvalue weighted by molar-refractivity contribution is 5.59. The minimum absolute atomic E-state index is 0.214. The SMILES string of the molecule is CC1(C)CCC2Oc3ccc(F)cc3NC2C1. The Morgan fingerprint density at radius 2 is 2.24 bits per heavy atom. The van der Waals surface area contributed by atoms with Gasteiger partial charge in [-0.25, -0.2) is 4.39 Å². The molecule has 0 aromatic heterocycles. The highest BCUT2D eigenvalue weighted by Crippen LogP contribution is 2.42. The van der Waals surface area contributed by atoms with Crippen LogP contribution in [0.1, 0.15) is 33.1 Å². The summed E-state index contributed by atoms with van der Waals surface area (Å²) in [6.45, 7) is 4.57. The van der Waals surface area contributed by atoms with E-state index in [-0.39, 0.29) is 11.9 Å². The van der Waals surface area contributed by atoms with Crippen LogP contribution in [-0.2, 0) is 0 Å². The minimum Gasteiger partial charge on any atom is -0.486 e. The van der Waals surface area contributed by atoms with Gasteiger partial charge in [0.2, 0.25) is 0 Å². The lowest BCUT2D eigenvalue weighted by Gasteiger charge is -2.44. The zero-order valence-electron chi connectivity index (χ0n) is 10.3. The first kappa shape index (κ1) is 10.9. The van der Waals surface area contributed by atoms with E-state index in [2.05, 4.69) is 19.2 Å². The van der Waals surface area contributed by atoms with E-state index in [0.717, 1.165) is 24.3 Å². The summed E-state index contributed by atoms with van der Waals surface area (Å²) in [6, 6.07) is 5.00. The summed E-state index contributed by atoms with van der Waals surface area (Å²) in [5, 5.41) is 3.43. The Morgan fingerprint density at radius 1 is 1.41 bits per heavy atom. The molecule has 2 atom stereocenters. The third kappa shape index (κ3) is 1.99. The molecule has 0 amide bonds. The molecule has 0 spiro atoms. The summed E-state index contributed by atoms with van der Waals surface area (Å²) >= 11 is 0. The molecule has 1 fully saturated rings. The first-order valence-electron chi connectivity index (χ1n) is 6.26. The number of hydrogen-bond acceptors (Lipinski definition) is 2. The lowest BCUT2D eigenvalue weighted by atomic mass is 9.73. The lowest BCUT2D eigenvalue weighted by molar-refractivity contribution is 0.0776. The fraction of sp³-hybridized carbons (Fsp3) is 0.571. The van der Waals surface area contributed by atoms with E-state index in [1.54, 1.807) is 6.07 Å². The van der Waals surface area contributed by atoms with Crippen molar-refractivity contribution in [2.75, 3.05) is 5.32 Å². The molecule has 0 saturated heterocycles. The molecular weight excluding hydrogens is 217 g/mol. The molecular formula is C14H18FNO. The zero-order valence-corrected chi connectivity index (χ0v) is 10.3. The van der Waals surface area contributed by atoms with Crippen LogP contribution in [0.4, 0.5) is 10.1 Å². The quantitative estimate of drug-likeness (QED) is 0.742. The summed E-state index contributed by atoms with van der Waals surface area (Å²) in [6.07, 6.45) is 3.57. The third-order valence-electron chi connectivity index (χ3n) is 3.89. The van der Waals surface area contributed by atoms with Gasteiger partial charge in [0, 0.05) is 6.07 Å². The number of fused-ring (bicyclic) bond motifs is 2. The van der Waals surface area contributed by atoms with Gasteiger partial charge in [0.15, 0.2) is 0 Å². The largest absolute Gasteiger partial charge is 0.486 e. The van der Waals surface area contributed by atoms with Gasteiger partial charge in [0.1, 0.15) is 17.7 Å². The van der Waals surface area contributed by atoms with Crippen LogP contribution in [0.25, 0.3) is 0 Å². The van der Waals surface area contributed by atoms with Gasteiger partial charge in [-0.3, -0.25) is 0 Å². The summed E-state index contributed by atoms with van der Waals surface area (Å²) in [4.78, 5) is 0. The second-order valence-electron chi connectivity index (χ2n) is 5.95. The topological polar surface area (TPSA) is 21.3 Å². The number of halogens is 1. The molecule has 3 rings (SSSR count). The van der Waals surface area contributed by atoms with Crippen molar-refractivity contribution >= 4 is 5.69 Å². The van der Waals surface area contributed by atoms with E-state index >= 15 is 0 Å². The number of rotatable bonds is 0. The van der Waals surface area contributed by atoms with Crippen molar-refractivity contribution in [1.82, 2.24) is 0 Å². The van der Waals surface area contributed by atoms with Gasteiger partial charge >= 0.3 is 0 Å². The van der Waals surface area contributed by atoms with Crippen LogP contribution in [-0.4, -0.2) is 12.1 Å². The maximum atomic E-state index is 13.2. The highest BCUT2D eigenvalue weighted by Gasteiger charge is 2.38. The van der Waals surface area contributed by atoms with E-state index in [9.17, 15) is 4.39 Å². The van der Waals surface area contributed by atoms with E-state index in [0.29, 0.717) is 11.5 Å². The Labute approximate surface area is 101 Å². The number of benzene rings is 1. The number of hydrogen-bond donors (Lipinski definition) is 1. The number of ether oxygens (including phenoxy) is 1. The molecule has 1 aromatic carbocycles. The van der Waals surface area contributed by atoms with Gasteiger partial charge < -0.3 is 10.1 Å². The molecule has 1 saturated carbocycles. The van der Waals surface area contributed by atoms with E-state index < -0.39 is 0 Å². The molecule has 1 aromatic rings. The molecule has 92 valence electrons. The Hall–Kier alpha value is -1.25. The van der Waals surface area contributed by atoms with Crippen LogP contribution in [0.15, 0.2) is 18.2 Å². The summed E-state index contributed by atoms with van der Waals surface area (Å²) < 4.78 is 19.1. The maximum Gasteiger partial charge on any atom is 0.143 e. The molecule has 1 aliphatic heterocycles. The number of nitrogens with one attached hydrogen (secondary N) is 1. The Kier molecular flexibility index (Phi) is 2.32. The van der Waals surface area contributed by atoms with Crippen molar-refractivity contribution in [3.63, 3.8) is 0 Å². The van der Waals surface area contributed by atoms with Gasteiger partial charge in [-0.05, 0) is 36.8 Å². The predicted octanol–water partition coefficient (Wildman–Crippen LogP) is 3.58.